The molecule has 31 heavy (non-hydrogen) atoms. The first kappa shape index (κ1) is 21.0. The zero-order valence-electron chi connectivity index (χ0n) is 17.0. The van der Waals surface area contributed by atoms with Crippen LogP contribution in [0.25, 0.3) is 0 Å². The van der Waals surface area contributed by atoms with Crippen LogP contribution in [-0.4, -0.2) is 52.6 Å². The minimum absolute atomic E-state index is 0.0737. The Morgan fingerprint density at radius 1 is 1.26 bits per heavy atom. The summed E-state index contributed by atoms with van der Waals surface area (Å²) in [6.45, 7) is 1.64. The van der Waals surface area contributed by atoms with E-state index in [1.165, 1.54) is 35.2 Å². The van der Waals surface area contributed by atoms with Gasteiger partial charge in [0, 0.05) is 43.5 Å². The van der Waals surface area contributed by atoms with Crippen LogP contribution in [0.3, 0.4) is 0 Å². The Morgan fingerprint density at radius 2 is 2.10 bits per heavy atom. The summed E-state index contributed by atoms with van der Waals surface area (Å²) in [5.74, 6) is 0.214. The average Bonchev–Trinajstić information content (AvgIpc) is 3.24. The van der Waals surface area contributed by atoms with Gasteiger partial charge in [-0.3, -0.25) is 19.7 Å². The molecule has 1 aliphatic carbocycles. The highest BCUT2D eigenvalue weighted by Crippen LogP contribution is 2.27. The molecule has 2 aromatic rings. The molecule has 2 fully saturated rings. The van der Waals surface area contributed by atoms with Crippen LogP contribution in [0.15, 0.2) is 34.9 Å². The van der Waals surface area contributed by atoms with Gasteiger partial charge in [0.15, 0.2) is 11.5 Å². The summed E-state index contributed by atoms with van der Waals surface area (Å²) in [5, 5.41) is 17.7. The molecule has 1 aliphatic heterocycles. The Labute approximate surface area is 178 Å². The van der Waals surface area contributed by atoms with Crippen molar-refractivity contribution in [2.45, 2.75) is 38.3 Å². The fraction of sp³-hybridized carbons (Fsp3) is 0.476. The maximum Gasteiger partial charge on any atom is 0.273 e. The molecular weight excluding hydrogens is 404 g/mol. The van der Waals surface area contributed by atoms with E-state index in [1.54, 1.807) is 0 Å². The van der Waals surface area contributed by atoms with Gasteiger partial charge in [0.05, 0.1) is 17.6 Å². The second-order valence-corrected chi connectivity index (χ2v) is 7.96. The molecule has 10 nitrogen and oxygen atoms in total. The van der Waals surface area contributed by atoms with Gasteiger partial charge in [-0.25, -0.2) is 0 Å². The maximum atomic E-state index is 13.1. The molecule has 0 bridgehead atoms. The highest BCUT2D eigenvalue weighted by Gasteiger charge is 2.27. The maximum absolute atomic E-state index is 13.1. The predicted molar refractivity (Wildman–Crippen MR) is 108 cm³/mol. The molecule has 10 heteroatoms. The van der Waals surface area contributed by atoms with Crippen molar-refractivity contribution in [3.05, 3.63) is 57.5 Å². The van der Waals surface area contributed by atoms with Crippen molar-refractivity contribution in [3.8, 4) is 0 Å². The van der Waals surface area contributed by atoms with E-state index in [0.29, 0.717) is 31.4 Å². The minimum Gasteiger partial charge on any atom is -0.376 e. The number of nitrogens with one attached hydrogen (secondary N) is 1. The van der Waals surface area contributed by atoms with Gasteiger partial charge in [-0.05, 0) is 37.7 Å². The van der Waals surface area contributed by atoms with E-state index in [2.05, 4.69) is 10.5 Å². The molecule has 1 aromatic heterocycles. The molecule has 0 radical (unpaired) electrons. The molecule has 0 spiro atoms. The van der Waals surface area contributed by atoms with E-state index in [9.17, 15) is 19.7 Å². The molecule has 2 amide bonds. The summed E-state index contributed by atoms with van der Waals surface area (Å²) in [7, 11) is 0. The number of hydrogen-bond donors (Lipinski definition) is 1. The highest BCUT2D eigenvalue weighted by atomic mass is 16.6. The molecule has 2 aliphatic rings. The van der Waals surface area contributed by atoms with E-state index >= 15 is 0 Å². The SMILES string of the molecule is O=C(NCC1CC1)c1cc(CN(CC2CCCO2)C(=O)c2cccc([N+](=O)[O-])c2)on1. The van der Waals surface area contributed by atoms with Crippen molar-refractivity contribution in [2.75, 3.05) is 19.7 Å². The molecular formula is C21H24N4O6. The standard InChI is InChI=1S/C21H24N4O6/c26-20(22-11-14-6-7-14)19-10-18(31-23-19)13-24(12-17-5-2-8-30-17)21(27)15-3-1-4-16(9-15)25(28)29/h1,3-4,9-10,14,17H,2,5-8,11-13H2,(H,22,26). The number of nitro benzene ring substituents is 1. The van der Waals surface area contributed by atoms with Crippen LogP contribution < -0.4 is 5.32 Å². The number of carbonyl (C=O) groups is 2. The molecule has 1 unspecified atom stereocenters. The van der Waals surface area contributed by atoms with Gasteiger partial charge in [-0.1, -0.05) is 11.2 Å². The van der Waals surface area contributed by atoms with Gasteiger partial charge < -0.3 is 19.5 Å². The average molecular weight is 428 g/mol. The number of nitro groups is 1. The lowest BCUT2D eigenvalue weighted by Gasteiger charge is -2.24. The third-order valence-corrected chi connectivity index (χ3v) is 5.43. The third-order valence-electron chi connectivity index (χ3n) is 5.43. The smallest absolute Gasteiger partial charge is 0.273 e. The van der Waals surface area contributed by atoms with Gasteiger partial charge in [0.1, 0.15) is 0 Å². The van der Waals surface area contributed by atoms with Crippen molar-refractivity contribution >= 4 is 17.5 Å². The van der Waals surface area contributed by atoms with E-state index in [1.807, 2.05) is 0 Å². The van der Waals surface area contributed by atoms with Gasteiger partial charge in [0.2, 0.25) is 0 Å². The monoisotopic (exact) mass is 428 g/mol. The second kappa shape index (κ2) is 9.25. The Bertz CT molecular complexity index is 964. The molecule has 2 heterocycles. The van der Waals surface area contributed by atoms with Gasteiger partial charge in [0.25, 0.3) is 17.5 Å². The molecule has 164 valence electrons. The van der Waals surface area contributed by atoms with E-state index in [-0.39, 0.29) is 41.4 Å². The van der Waals surface area contributed by atoms with Gasteiger partial charge in [-0.15, -0.1) is 0 Å². The van der Waals surface area contributed by atoms with Crippen LogP contribution >= 0.6 is 0 Å². The fourth-order valence-electron chi connectivity index (χ4n) is 3.52. The zero-order chi connectivity index (χ0) is 21.8. The van der Waals surface area contributed by atoms with Crippen LogP contribution in [0.2, 0.25) is 0 Å². The summed E-state index contributed by atoms with van der Waals surface area (Å²) in [5.41, 5.74) is 0.210. The van der Waals surface area contributed by atoms with E-state index in [4.69, 9.17) is 9.26 Å². The van der Waals surface area contributed by atoms with Crippen LogP contribution in [0.5, 0.6) is 0 Å². The number of nitrogens with zero attached hydrogens (tertiary/aromatic N) is 3. The Morgan fingerprint density at radius 3 is 2.81 bits per heavy atom. The quantitative estimate of drug-likeness (QED) is 0.480. The number of carbonyl (C=O) groups excluding carboxylic acids is 2. The van der Waals surface area contributed by atoms with Crippen molar-refractivity contribution in [1.82, 2.24) is 15.4 Å². The lowest BCUT2D eigenvalue weighted by atomic mass is 10.1. The summed E-state index contributed by atoms with van der Waals surface area (Å²) < 4.78 is 11.0. The summed E-state index contributed by atoms with van der Waals surface area (Å²) in [4.78, 5) is 37.4. The first-order valence-electron chi connectivity index (χ1n) is 10.4. The summed E-state index contributed by atoms with van der Waals surface area (Å²) in [6.07, 6.45) is 3.87. The highest BCUT2D eigenvalue weighted by molar-refractivity contribution is 5.95. The summed E-state index contributed by atoms with van der Waals surface area (Å²) >= 11 is 0. The zero-order valence-corrected chi connectivity index (χ0v) is 17.0. The lowest BCUT2D eigenvalue weighted by molar-refractivity contribution is -0.384. The van der Waals surface area contributed by atoms with Crippen LogP contribution in [0, 0.1) is 16.0 Å². The molecule has 4 rings (SSSR count). The first-order chi connectivity index (χ1) is 15.0. The third kappa shape index (κ3) is 5.46. The predicted octanol–water partition coefficient (Wildman–Crippen LogP) is 2.54. The number of ether oxygens (including phenoxy) is 1. The van der Waals surface area contributed by atoms with Crippen molar-refractivity contribution in [3.63, 3.8) is 0 Å². The fourth-order valence-corrected chi connectivity index (χ4v) is 3.52. The molecule has 1 saturated heterocycles. The first-order valence-corrected chi connectivity index (χ1v) is 10.4. The van der Waals surface area contributed by atoms with Crippen molar-refractivity contribution < 1.29 is 23.8 Å². The van der Waals surface area contributed by atoms with Crippen LogP contribution in [-0.2, 0) is 11.3 Å². The van der Waals surface area contributed by atoms with Crippen LogP contribution in [0.4, 0.5) is 5.69 Å². The number of aromatic nitrogens is 1. The van der Waals surface area contributed by atoms with E-state index in [0.717, 1.165) is 25.7 Å². The topological polar surface area (TPSA) is 128 Å². The van der Waals surface area contributed by atoms with Crippen molar-refractivity contribution in [1.29, 1.82) is 0 Å². The normalized spacial score (nSPS) is 18.0. The number of non-ortho nitro benzene ring substituents is 1. The Balaban J connectivity index is 1.48. The molecule has 1 N–H and O–H groups in total. The van der Waals surface area contributed by atoms with E-state index < -0.39 is 4.92 Å². The number of benzene rings is 1. The lowest BCUT2D eigenvalue weighted by Crippen LogP contribution is -2.36. The van der Waals surface area contributed by atoms with Crippen LogP contribution in [0.1, 0.15) is 52.3 Å². The van der Waals surface area contributed by atoms with Gasteiger partial charge >= 0.3 is 0 Å². The second-order valence-electron chi connectivity index (χ2n) is 7.96. The van der Waals surface area contributed by atoms with Gasteiger partial charge in [-0.2, -0.15) is 0 Å². The molecule has 1 atom stereocenters. The van der Waals surface area contributed by atoms with Crippen molar-refractivity contribution in [2.24, 2.45) is 5.92 Å². The number of rotatable bonds is 9. The molecule has 1 saturated carbocycles. The minimum atomic E-state index is -0.538. The molecule has 1 aromatic carbocycles. The summed E-state index contributed by atoms with van der Waals surface area (Å²) in [6, 6.07) is 7.12. The number of hydrogen-bond acceptors (Lipinski definition) is 7. The number of amides is 2. The Hall–Kier alpha value is -3.27. The Kier molecular flexibility index (Phi) is 6.26. The largest absolute Gasteiger partial charge is 0.376 e.